The SMILES string of the molecule is Cc1cc(CC#N)cc(C)c1NC(=O)c1sccc1S(=O)(=O)Nc1onc(C)c1Cl. The molecule has 2 aromatic heterocycles. The third kappa shape index (κ3) is 4.33. The van der Waals surface area contributed by atoms with Crippen LogP contribution in [0.3, 0.4) is 0 Å². The summed E-state index contributed by atoms with van der Waals surface area (Å²) in [5.74, 6) is -0.782. The molecule has 0 saturated heterocycles. The van der Waals surface area contributed by atoms with Crippen LogP contribution in [0.15, 0.2) is 33.0 Å². The van der Waals surface area contributed by atoms with Crippen molar-refractivity contribution in [3.63, 3.8) is 0 Å². The zero-order valence-electron chi connectivity index (χ0n) is 16.2. The lowest BCUT2D eigenvalue weighted by molar-refractivity contribution is 0.102. The van der Waals surface area contributed by atoms with Crippen molar-refractivity contribution < 1.29 is 17.7 Å². The number of anilines is 2. The van der Waals surface area contributed by atoms with Crippen molar-refractivity contribution in [2.24, 2.45) is 0 Å². The molecule has 0 aliphatic carbocycles. The molecule has 3 rings (SSSR count). The number of nitriles is 1. The minimum Gasteiger partial charge on any atom is -0.336 e. The second kappa shape index (κ2) is 8.47. The molecular formula is C19H17ClN4O4S2. The standard InChI is InChI=1S/C19H17ClN4O4S2/c1-10-8-13(4-6-21)9-11(2)16(10)22-18(25)17-14(5-7-29-17)30(26,27)24-19-15(20)12(3)23-28-19/h5,7-9,24H,4H2,1-3H3,(H,22,25). The number of aromatic nitrogens is 1. The highest BCUT2D eigenvalue weighted by molar-refractivity contribution is 7.93. The Labute approximate surface area is 182 Å². The first-order chi connectivity index (χ1) is 14.1. The van der Waals surface area contributed by atoms with Crippen LogP contribution < -0.4 is 10.0 Å². The fourth-order valence-electron chi connectivity index (χ4n) is 2.89. The number of hydrogen-bond donors (Lipinski definition) is 2. The smallest absolute Gasteiger partial charge is 0.267 e. The fraction of sp³-hybridized carbons (Fsp3) is 0.211. The molecule has 8 nitrogen and oxygen atoms in total. The molecule has 0 spiro atoms. The van der Waals surface area contributed by atoms with Crippen molar-refractivity contribution in [1.82, 2.24) is 5.16 Å². The minimum atomic E-state index is -4.14. The average Bonchev–Trinajstić information content (AvgIpc) is 3.28. The molecule has 11 heteroatoms. The van der Waals surface area contributed by atoms with Gasteiger partial charge in [0.15, 0.2) is 0 Å². The molecule has 1 aromatic carbocycles. The minimum absolute atomic E-state index is 0.00904. The molecule has 2 heterocycles. The Balaban J connectivity index is 1.89. The molecular weight excluding hydrogens is 448 g/mol. The lowest BCUT2D eigenvalue weighted by atomic mass is 10.0. The summed E-state index contributed by atoms with van der Waals surface area (Å²) < 4.78 is 32.7. The Bertz CT molecular complexity index is 1250. The van der Waals surface area contributed by atoms with Gasteiger partial charge in [0.05, 0.1) is 12.5 Å². The molecule has 2 N–H and O–H groups in total. The van der Waals surface area contributed by atoms with Crippen LogP contribution in [-0.4, -0.2) is 19.5 Å². The molecule has 0 atom stereocenters. The number of nitrogens with one attached hydrogen (secondary N) is 2. The largest absolute Gasteiger partial charge is 0.336 e. The van der Waals surface area contributed by atoms with Gasteiger partial charge < -0.3 is 9.84 Å². The molecule has 156 valence electrons. The molecule has 0 unspecified atom stereocenters. The number of carbonyl (C=O) groups excluding carboxylic acids is 1. The number of halogens is 1. The van der Waals surface area contributed by atoms with Gasteiger partial charge in [0.25, 0.3) is 21.8 Å². The highest BCUT2D eigenvalue weighted by Gasteiger charge is 2.27. The van der Waals surface area contributed by atoms with Gasteiger partial charge in [-0.05, 0) is 48.9 Å². The van der Waals surface area contributed by atoms with Crippen LogP contribution in [0.2, 0.25) is 5.02 Å². The highest BCUT2D eigenvalue weighted by atomic mass is 35.5. The normalized spacial score (nSPS) is 11.2. The van der Waals surface area contributed by atoms with Crippen molar-refractivity contribution >= 4 is 50.4 Å². The zero-order valence-corrected chi connectivity index (χ0v) is 18.6. The van der Waals surface area contributed by atoms with Gasteiger partial charge >= 0.3 is 0 Å². The van der Waals surface area contributed by atoms with Gasteiger partial charge in [-0.2, -0.15) is 5.26 Å². The number of hydrogen-bond acceptors (Lipinski definition) is 7. The van der Waals surface area contributed by atoms with Gasteiger partial charge in [0.1, 0.15) is 20.5 Å². The number of benzene rings is 1. The maximum Gasteiger partial charge on any atom is 0.267 e. The Morgan fingerprint density at radius 1 is 1.30 bits per heavy atom. The van der Waals surface area contributed by atoms with E-state index in [4.69, 9.17) is 21.4 Å². The Kier molecular flexibility index (Phi) is 6.17. The number of carbonyl (C=O) groups is 1. The molecule has 3 aromatic rings. The predicted molar refractivity (Wildman–Crippen MR) is 115 cm³/mol. The van der Waals surface area contributed by atoms with Crippen molar-refractivity contribution in [2.45, 2.75) is 32.1 Å². The molecule has 0 fully saturated rings. The topological polar surface area (TPSA) is 125 Å². The molecule has 1 amide bonds. The van der Waals surface area contributed by atoms with Gasteiger partial charge in [0, 0.05) is 5.69 Å². The first kappa shape index (κ1) is 21.8. The number of sulfonamides is 1. The van der Waals surface area contributed by atoms with E-state index < -0.39 is 15.9 Å². The monoisotopic (exact) mass is 464 g/mol. The maximum atomic E-state index is 12.9. The van der Waals surface area contributed by atoms with Crippen LogP contribution in [0.1, 0.15) is 32.1 Å². The highest BCUT2D eigenvalue weighted by Crippen LogP contribution is 2.31. The van der Waals surface area contributed by atoms with Crippen molar-refractivity contribution in [2.75, 3.05) is 10.0 Å². The van der Waals surface area contributed by atoms with E-state index in [-0.39, 0.29) is 27.1 Å². The Hall–Kier alpha value is -2.87. The number of thiophene rings is 1. The second-order valence-electron chi connectivity index (χ2n) is 6.52. The van der Waals surface area contributed by atoms with E-state index in [0.717, 1.165) is 28.0 Å². The average molecular weight is 465 g/mol. The van der Waals surface area contributed by atoms with Gasteiger partial charge in [-0.3, -0.25) is 4.79 Å². The fourth-order valence-corrected chi connectivity index (χ4v) is 5.38. The summed E-state index contributed by atoms with van der Waals surface area (Å²) in [5, 5.41) is 16.8. The summed E-state index contributed by atoms with van der Waals surface area (Å²) in [6, 6.07) is 7.04. The molecule has 0 aliphatic rings. The second-order valence-corrected chi connectivity index (χ2v) is 9.47. The third-order valence-electron chi connectivity index (χ3n) is 4.26. The Morgan fingerprint density at radius 2 is 1.97 bits per heavy atom. The number of nitrogens with zero attached hydrogens (tertiary/aromatic N) is 2. The first-order valence-corrected chi connectivity index (χ1v) is 11.4. The Morgan fingerprint density at radius 3 is 2.53 bits per heavy atom. The van der Waals surface area contributed by atoms with Crippen molar-refractivity contribution in [3.05, 3.63) is 55.9 Å². The van der Waals surface area contributed by atoms with E-state index in [2.05, 4.69) is 21.3 Å². The lowest BCUT2D eigenvalue weighted by Crippen LogP contribution is -2.19. The summed E-state index contributed by atoms with van der Waals surface area (Å²) >= 11 is 6.97. The van der Waals surface area contributed by atoms with E-state index in [1.807, 2.05) is 26.0 Å². The van der Waals surface area contributed by atoms with E-state index >= 15 is 0 Å². The molecule has 30 heavy (non-hydrogen) atoms. The summed E-state index contributed by atoms with van der Waals surface area (Å²) in [4.78, 5) is 12.7. The van der Waals surface area contributed by atoms with Crippen LogP contribution in [0.5, 0.6) is 0 Å². The summed E-state index contributed by atoms with van der Waals surface area (Å²) in [6.45, 7) is 5.19. The lowest BCUT2D eigenvalue weighted by Gasteiger charge is -2.13. The van der Waals surface area contributed by atoms with Gasteiger partial charge in [-0.15, -0.1) is 11.3 Å². The third-order valence-corrected chi connectivity index (χ3v) is 7.12. The van der Waals surface area contributed by atoms with Gasteiger partial charge in [-0.1, -0.05) is 28.9 Å². The van der Waals surface area contributed by atoms with Crippen LogP contribution in [0.25, 0.3) is 0 Å². The van der Waals surface area contributed by atoms with E-state index in [9.17, 15) is 13.2 Å². The van der Waals surface area contributed by atoms with Crippen molar-refractivity contribution in [3.8, 4) is 6.07 Å². The van der Waals surface area contributed by atoms with E-state index in [1.54, 1.807) is 6.92 Å². The van der Waals surface area contributed by atoms with Crippen LogP contribution in [-0.2, 0) is 16.4 Å². The van der Waals surface area contributed by atoms with Gasteiger partial charge in [-0.25, -0.2) is 13.1 Å². The first-order valence-electron chi connectivity index (χ1n) is 8.64. The summed E-state index contributed by atoms with van der Waals surface area (Å²) in [7, 11) is -4.14. The maximum absolute atomic E-state index is 12.9. The molecule has 0 aliphatic heterocycles. The van der Waals surface area contributed by atoms with Crippen LogP contribution >= 0.6 is 22.9 Å². The van der Waals surface area contributed by atoms with Crippen LogP contribution in [0, 0.1) is 32.1 Å². The zero-order chi connectivity index (χ0) is 22.1. The van der Waals surface area contributed by atoms with E-state index in [0.29, 0.717) is 11.4 Å². The van der Waals surface area contributed by atoms with Crippen LogP contribution in [0.4, 0.5) is 11.6 Å². The summed E-state index contributed by atoms with van der Waals surface area (Å²) in [5.41, 5.74) is 3.30. The summed E-state index contributed by atoms with van der Waals surface area (Å²) in [6.07, 6.45) is 0.262. The molecule has 0 saturated carbocycles. The molecule has 0 radical (unpaired) electrons. The quantitative estimate of drug-likeness (QED) is 0.555. The number of amides is 1. The van der Waals surface area contributed by atoms with Crippen molar-refractivity contribution in [1.29, 1.82) is 5.26 Å². The van der Waals surface area contributed by atoms with Gasteiger partial charge in [0.2, 0.25) is 0 Å². The number of rotatable bonds is 6. The number of aryl methyl sites for hydroxylation is 3. The van der Waals surface area contributed by atoms with E-state index in [1.165, 1.54) is 11.4 Å². The molecule has 0 bridgehead atoms. The predicted octanol–water partition coefficient (Wildman–Crippen LogP) is 4.43.